The van der Waals surface area contributed by atoms with Gasteiger partial charge in [-0.3, -0.25) is 14.4 Å². The van der Waals surface area contributed by atoms with Crippen molar-refractivity contribution in [3.05, 3.63) is 58.1 Å². The van der Waals surface area contributed by atoms with Gasteiger partial charge in [0.25, 0.3) is 0 Å². The average Bonchev–Trinajstić information content (AvgIpc) is 3.59. The van der Waals surface area contributed by atoms with Gasteiger partial charge in [-0.2, -0.15) is 10.1 Å². The summed E-state index contributed by atoms with van der Waals surface area (Å²) < 4.78 is 23.9. The van der Waals surface area contributed by atoms with Gasteiger partial charge in [0.05, 0.1) is 21.3 Å². The number of amides is 1. The zero-order chi connectivity index (χ0) is 33.3. The predicted octanol–water partition coefficient (Wildman–Crippen LogP) is 3.34. The van der Waals surface area contributed by atoms with Crippen LogP contribution in [0.25, 0.3) is 0 Å². The first-order chi connectivity index (χ1) is 22.0. The minimum Gasteiger partial charge on any atom is -0.507 e. The number of nitrogens with zero attached hydrogens (tertiary/aromatic N) is 3. The van der Waals surface area contributed by atoms with Crippen LogP contribution in [-0.4, -0.2) is 82.5 Å². The maximum Gasteiger partial charge on any atom is 0.231 e. The molecular formula is C31H34ClN5O9. The Morgan fingerprint density at radius 3 is 2.50 bits per heavy atom. The van der Waals surface area contributed by atoms with Crippen LogP contribution in [0.1, 0.15) is 41.6 Å². The van der Waals surface area contributed by atoms with E-state index in [4.69, 9.17) is 30.5 Å². The lowest BCUT2D eigenvalue weighted by molar-refractivity contribution is -0.121. The van der Waals surface area contributed by atoms with Crippen molar-refractivity contribution in [3.8, 4) is 28.7 Å². The van der Waals surface area contributed by atoms with Gasteiger partial charge in [-0.25, -0.2) is 4.68 Å². The third-order valence-electron chi connectivity index (χ3n) is 8.30. The Labute approximate surface area is 269 Å². The monoisotopic (exact) mass is 655 g/mol. The number of halogens is 1. The van der Waals surface area contributed by atoms with Gasteiger partial charge in [-0.1, -0.05) is 24.6 Å². The van der Waals surface area contributed by atoms with E-state index in [-0.39, 0.29) is 64.3 Å². The summed E-state index contributed by atoms with van der Waals surface area (Å²) in [6.07, 6.45) is 0.905. The van der Waals surface area contributed by atoms with Gasteiger partial charge in [-0.05, 0) is 17.7 Å². The molecule has 244 valence electrons. The third kappa shape index (κ3) is 5.42. The summed E-state index contributed by atoms with van der Waals surface area (Å²) in [5.74, 6) is -3.42. The van der Waals surface area contributed by atoms with Crippen molar-refractivity contribution in [3.63, 3.8) is 0 Å². The molecule has 2 aromatic carbocycles. The molecule has 46 heavy (non-hydrogen) atoms. The molecular weight excluding hydrogens is 622 g/mol. The van der Waals surface area contributed by atoms with Crippen LogP contribution in [0.15, 0.2) is 41.9 Å². The molecule has 0 bridgehead atoms. The summed E-state index contributed by atoms with van der Waals surface area (Å²) >= 11 is 6.56. The Bertz CT molecular complexity index is 1740. The number of methoxy groups -OCH3 is 3. The molecule has 0 radical (unpaired) electrons. The lowest BCUT2D eigenvalue weighted by Gasteiger charge is -2.38. The molecule has 3 aromatic rings. The van der Waals surface area contributed by atoms with Crippen LogP contribution in [0.2, 0.25) is 5.02 Å². The maximum atomic E-state index is 14.2. The number of hydrogen-bond acceptors (Lipinski definition) is 12. The van der Waals surface area contributed by atoms with Gasteiger partial charge in [-0.15, -0.1) is 0 Å². The Kier molecular flexibility index (Phi) is 9.01. The molecule has 1 aliphatic carbocycles. The predicted molar refractivity (Wildman–Crippen MR) is 165 cm³/mol. The lowest BCUT2D eigenvalue weighted by Crippen LogP contribution is -2.53. The van der Waals surface area contributed by atoms with E-state index in [1.165, 1.54) is 51.9 Å². The van der Waals surface area contributed by atoms with Gasteiger partial charge in [0.2, 0.25) is 23.2 Å². The highest BCUT2D eigenvalue weighted by Gasteiger charge is 2.61. The number of aliphatic hydroxyl groups excluding tert-OH is 1. The number of ketones is 2. The Morgan fingerprint density at radius 2 is 1.85 bits per heavy atom. The number of aryl methyl sites for hydroxylation is 1. The number of rotatable bonds is 11. The summed E-state index contributed by atoms with van der Waals surface area (Å²) in [4.78, 5) is 45.4. The van der Waals surface area contributed by atoms with Crippen LogP contribution >= 0.6 is 11.6 Å². The number of benzene rings is 2. The molecule has 0 saturated heterocycles. The van der Waals surface area contributed by atoms with Crippen LogP contribution in [0.4, 0.5) is 5.95 Å². The molecule has 1 amide bonds. The van der Waals surface area contributed by atoms with Crippen molar-refractivity contribution >= 4 is 35.0 Å². The van der Waals surface area contributed by atoms with Crippen molar-refractivity contribution in [1.29, 1.82) is 0 Å². The number of phenolic OH excluding ortho intramolecular Hbond substituents is 1. The topological polar surface area (TPSA) is 183 Å². The zero-order valence-electron chi connectivity index (χ0n) is 25.8. The van der Waals surface area contributed by atoms with Gasteiger partial charge in [0.15, 0.2) is 28.8 Å². The lowest BCUT2D eigenvalue weighted by atomic mass is 9.69. The number of nitrogens with one attached hydrogen (secondary N) is 2. The Hall–Kier alpha value is -4.98. The van der Waals surface area contributed by atoms with E-state index in [0.29, 0.717) is 18.1 Å². The van der Waals surface area contributed by atoms with Crippen molar-refractivity contribution in [2.45, 2.75) is 31.3 Å². The van der Waals surface area contributed by atoms with E-state index >= 15 is 0 Å². The molecule has 3 atom stereocenters. The van der Waals surface area contributed by atoms with E-state index < -0.39 is 40.7 Å². The van der Waals surface area contributed by atoms with Crippen LogP contribution in [-0.2, 0) is 16.6 Å². The molecule has 2 aliphatic rings. The molecule has 1 aliphatic heterocycles. The maximum absolute atomic E-state index is 14.2. The first kappa shape index (κ1) is 32.4. The number of aromatic hydroxyl groups is 1. The second-order valence-corrected chi connectivity index (χ2v) is 11.3. The Morgan fingerprint density at radius 1 is 1.13 bits per heavy atom. The number of ether oxygens (including phenoxy) is 4. The number of allylic oxidation sites excluding steroid dienone is 1. The highest BCUT2D eigenvalue weighted by atomic mass is 35.5. The number of aromatic nitrogens is 3. The minimum absolute atomic E-state index is 0.00333. The van der Waals surface area contributed by atoms with Gasteiger partial charge in [0.1, 0.15) is 28.4 Å². The summed E-state index contributed by atoms with van der Waals surface area (Å²) in [5.41, 5.74) is -1.84. The van der Waals surface area contributed by atoms with Crippen molar-refractivity contribution in [1.82, 2.24) is 20.1 Å². The standard InChI is InChI=1S/C31H34ClN5O9/c1-15-10-19(39)24(28(41)31(15)29(42)25-21(44-4)13-22(45-5)26(32)27(25)46-31)17(16-6-7-18(38)20(11-16)43-3)12-23(40)33-8-9-34-30-35-14-36-37(30)2/h6-7,11,13-15,17,38,41H,8-10,12H2,1-5H3,(H,33,40)(H,34,35,36)/t15-,17?,31+/m1/s1. The number of hydrogen-bond donors (Lipinski definition) is 4. The molecule has 2 heterocycles. The molecule has 1 spiro atoms. The van der Waals surface area contributed by atoms with Crippen LogP contribution in [0, 0.1) is 5.92 Å². The summed E-state index contributed by atoms with van der Waals surface area (Å²) in [6, 6.07) is 5.78. The quantitative estimate of drug-likeness (QED) is 0.221. The number of carbonyl (C=O) groups excluding carboxylic acids is 3. The number of phenols is 1. The molecule has 4 N–H and O–H groups in total. The second kappa shape index (κ2) is 12.8. The molecule has 1 aromatic heterocycles. The molecule has 5 rings (SSSR count). The summed E-state index contributed by atoms with van der Waals surface area (Å²) in [6.45, 7) is 2.14. The van der Waals surface area contributed by atoms with Crippen molar-refractivity contribution in [2.24, 2.45) is 13.0 Å². The fraction of sp³-hybridized carbons (Fsp3) is 0.387. The summed E-state index contributed by atoms with van der Waals surface area (Å²) in [5, 5.41) is 32.1. The van der Waals surface area contributed by atoms with E-state index in [9.17, 15) is 24.6 Å². The van der Waals surface area contributed by atoms with E-state index in [1.54, 1.807) is 18.7 Å². The number of aliphatic hydroxyl groups is 1. The first-order valence-electron chi connectivity index (χ1n) is 14.3. The van der Waals surface area contributed by atoms with Crippen LogP contribution < -0.4 is 29.6 Å². The van der Waals surface area contributed by atoms with Gasteiger partial charge >= 0.3 is 0 Å². The number of Topliss-reactive ketones (excluding diaryl/α,β-unsaturated/α-hetero) is 2. The van der Waals surface area contributed by atoms with Crippen LogP contribution in [0.3, 0.4) is 0 Å². The summed E-state index contributed by atoms with van der Waals surface area (Å²) in [7, 11) is 5.84. The smallest absolute Gasteiger partial charge is 0.231 e. The second-order valence-electron chi connectivity index (χ2n) is 10.9. The third-order valence-corrected chi connectivity index (χ3v) is 8.66. The van der Waals surface area contributed by atoms with Crippen molar-refractivity contribution in [2.75, 3.05) is 39.7 Å². The normalized spacial score (nSPS) is 19.5. The first-order valence-corrected chi connectivity index (χ1v) is 14.7. The van der Waals surface area contributed by atoms with Gasteiger partial charge < -0.3 is 39.8 Å². The fourth-order valence-electron chi connectivity index (χ4n) is 5.93. The van der Waals surface area contributed by atoms with Crippen molar-refractivity contribution < 1.29 is 43.5 Å². The number of carbonyl (C=O) groups is 3. The van der Waals surface area contributed by atoms with Crippen LogP contribution in [0.5, 0.6) is 28.7 Å². The van der Waals surface area contributed by atoms with E-state index in [0.717, 1.165) is 0 Å². The molecule has 0 saturated carbocycles. The Balaban J connectivity index is 1.55. The van der Waals surface area contributed by atoms with E-state index in [1.807, 2.05) is 0 Å². The molecule has 14 nitrogen and oxygen atoms in total. The zero-order valence-corrected chi connectivity index (χ0v) is 26.6. The number of fused-ring (bicyclic) bond motifs is 1. The largest absolute Gasteiger partial charge is 0.507 e. The molecule has 15 heteroatoms. The van der Waals surface area contributed by atoms with Gasteiger partial charge in [0, 0.05) is 56.5 Å². The highest BCUT2D eigenvalue weighted by Crippen LogP contribution is 2.56. The fourth-order valence-corrected chi connectivity index (χ4v) is 6.19. The highest BCUT2D eigenvalue weighted by molar-refractivity contribution is 6.35. The average molecular weight is 656 g/mol. The molecule has 1 unspecified atom stereocenters. The minimum atomic E-state index is -2.04. The SMILES string of the molecule is COc1cc(C(CC(=O)NCCNc2ncnn2C)C2=C(O)[C@@]3(Oc4c(Cl)c(OC)cc(OC)c4C3=O)[C@H](C)CC2=O)ccc1O. The number of anilines is 1. The van der Waals surface area contributed by atoms with E-state index in [2.05, 4.69) is 20.7 Å². The molecule has 0 fully saturated rings.